The van der Waals surface area contributed by atoms with E-state index in [1.165, 1.54) is 11.9 Å². The molecular weight excluding hydrogens is 253 g/mol. The number of carbonyl (C=O) groups is 2. The molecule has 0 aromatic carbocycles. The highest BCUT2D eigenvalue weighted by molar-refractivity contribution is 5.81. The third kappa shape index (κ3) is 2.92. The molecule has 0 aromatic heterocycles. The molecule has 1 saturated heterocycles. The number of rotatable bonds is 1. The third-order valence-electron chi connectivity index (χ3n) is 2.53. The van der Waals surface area contributed by atoms with Crippen molar-refractivity contribution in [3.63, 3.8) is 0 Å². The van der Waals surface area contributed by atoms with Gasteiger partial charge in [-0.2, -0.15) is 13.2 Å². The molecule has 0 spiro atoms. The molecule has 18 heavy (non-hydrogen) atoms. The molecule has 1 unspecified atom stereocenters. The Morgan fingerprint density at radius 2 is 1.83 bits per heavy atom. The van der Waals surface area contributed by atoms with Gasteiger partial charge in [-0.05, 0) is 5.41 Å². The fraction of sp³-hybridized carbons (Fsp3) is 0.800. The first-order chi connectivity index (χ1) is 7.94. The maximum atomic E-state index is 12.1. The van der Waals surface area contributed by atoms with Gasteiger partial charge in [-0.25, -0.2) is 4.79 Å². The summed E-state index contributed by atoms with van der Waals surface area (Å²) in [5, 5.41) is 0.776. The Balaban J connectivity index is 2.88. The molecule has 1 amide bonds. The average Bonchev–Trinajstić information content (AvgIpc) is 2.39. The second kappa shape index (κ2) is 4.42. The van der Waals surface area contributed by atoms with Crippen LogP contribution in [0.15, 0.2) is 0 Å². The molecule has 0 N–H and O–H groups in total. The summed E-state index contributed by atoms with van der Waals surface area (Å²) < 4.78 is 36.4. The molecule has 104 valence electrons. The third-order valence-corrected chi connectivity index (χ3v) is 2.53. The van der Waals surface area contributed by atoms with E-state index in [1.54, 1.807) is 20.8 Å². The Morgan fingerprint density at radius 1 is 1.33 bits per heavy atom. The van der Waals surface area contributed by atoms with Gasteiger partial charge in [0.25, 0.3) is 0 Å². The lowest BCUT2D eigenvalue weighted by Crippen LogP contribution is -2.48. The first kappa shape index (κ1) is 14.7. The van der Waals surface area contributed by atoms with E-state index < -0.39 is 29.6 Å². The number of hydrogen-bond acceptors (Lipinski definition) is 4. The van der Waals surface area contributed by atoms with Crippen LogP contribution in [-0.2, 0) is 14.4 Å². The normalized spacial score (nSPS) is 22.5. The highest BCUT2D eigenvalue weighted by Gasteiger charge is 2.49. The minimum Gasteiger partial charge on any atom is -0.358 e. The SMILES string of the molecule is CN1C(=O)CN(OC(=O)C(F)(F)F)C1C(C)(C)C. The first-order valence-electron chi connectivity index (χ1n) is 5.26. The zero-order valence-corrected chi connectivity index (χ0v) is 10.5. The zero-order chi connectivity index (χ0) is 14.3. The van der Waals surface area contributed by atoms with Crippen LogP contribution < -0.4 is 0 Å². The summed E-state index contributed by atoms with van der Waals surface area (Å²) in [5.74, 6) is -2.72. The van der Waals surface area contributed by atoms with E-state index in [0.717, 1.165) is 5.06 Å². The predicted octanol–water partition coefficient (Wildman–Crippen LogP) is 1.15. The van der Waals surface area contributed by atoms with Crippen molar-refractivity contribution in [1.29, 1.82) is 0 Å². The van der Waals surface area contributed by atoms with Crippen molar-refractivity contribution in [1.82, 2.24) is 9.96 Å². The topological polar surface area (TPSA) is 49.9 Å². The summed E-state index contributed by atoms with van der Waals surface area (Å²) in [7, 11) is 1.46. The molecule has 1 aliphatic heterocycles. The number of likely N-dealkylation sites (N-methyl/N-ethyl adjacent to an activating group) is 1. The molecule has 8 heteroatoms. The van der Waals surface area contributed by atoms with Crippen molar-refractivity contribution in [2.45, 2.75) is 33.1 Å². The molecule has 0 aromatic rings. The van der Waals surface area contributed by atoms with Gasteiger partial charge in [-0.1, -0.05) is 20.8 Å². The summed E-state index contributed by atoms with van der Waals surface area (Å²) in [6, 6.07) is 0. The molecule has 0 bridgehead atoms. The summed E-state index contributed by atoms with van der Waals surface area (Å²) in [6.07, 6.45) is -5.80. The number of carbonyl (C=O) groups excluding carboxylic acids is 2. The molecule has 5 nitrogen and oxygen atoms in total. The molecule has 1 fully saturated rings. The summed E-state index contributed by atoms with van der Waals surface area (Å²) in [4.78, 5) is 27.8. The van der Waals surface area contributed by atoms with Gasteiger partial charge < -0.3 is 9.74 Å². The van der Waals surface area contributed by atoms with Crippen LogP contribution in [0.1, 0.15) is 20.8 Å². The van der Waals surface area contributed by atoms with Crippen LogP contribution in [0.4, 0.5) is 13.2 Å². The summed E-state index contributed by atoms with van der Waals surface area (Å²) in [6.45, 7) is 4.84. The standard InChI is InChI=1S/C10H15F3N2O3/c1-9(2,3)7-14(4)6(16)5-15(7)18-8(17)10(11,12)13/h7H,5H2,1-4H3. The number of hydroxylamine groups is 2. The quantitative estimate of drug-likeness (QED) is 0.716. The van der Waals surface area contributed by atoms with Gasteiger partial charge in [0.2, 0.25) is 5.91 Å². The van der Waals surface area contributed by atoms with Crippen LogP contribution in [0.2, 0.25) is 0 Å². The van der Waals surface area contributed by atoms with Gasteiger partial charge >= 0.3 is 12.1 Å². The highest BCUT2D eigenvalue weighted by atomic mass is 19.4. The Bertz CT molecular complexity index is 362. The maximum Gasteiger partial charge on any atom is 0.492 e. The molecule has 1 atom stereocenters. The Labute approximate surface area is 102 Å². The largest absolute Gasteiger partial charge is 0.492 e. The minimum absolute atomic E-state index is 0.375. The van der Waals surface area contributed by atoms with E-state index in [1.807, 2.05) is 0 Å². The van der Waals surface area contributed by atoms with Crippen molar-refractivity contribution in [3.05, 3.63) is 0 Å². The van der Waals surface area contributed by atoms with E-state index in [4.69, 9.17) is 0 Å². The number of alkyl halides is 3. The molecular formula is C10H15F3N2O3. The second-order valence-electron chi connectivity index (χ2n) is 5.20. The molecule has 1 rings (SSSR count). The predicted molar refractivity (Wildman–Crippen MR) is 54.9 cm³/mol. The van der Waals surface area contributed by atoms with Crippen LogP contribution in [0, 0.1) is 5.41 Å². The Kier molecular flexibility index (Phi) is 3.62. The zero-order valence-electron chi connectivity index (χ0n) is 10.5. The summed E-state index contributed by atoms with van der Waals surface area (Å²) >= 11 is 0. The van der Waals surface area contributed by atoms with Crippen molar-refractivity contribution < 1.29 is 27.6 Å². The van der Waals surface area contributed by atoms with E-state index in [0.29, 0.717) is 0 Å². The van der Waals surface area contributed by atoms with Gasteiger partial charge in [0.15, 0.2) is 0 Å². The molecule has 1 heterocycles. The monoisotopic (exact) mass is 268 g/mol. The summed E-state index contributed by atoms with van der Waals surface area (Å²) in [5.41, 5.74) is -0.549. The van der Waals surface area contributed by atoms with Crippen LogP contribution in [0.3, 0.4) is 0 Å². The van der Waals surface area contributed by atoms with Crippen LogP contribution >= 0.6 is 0 Å². The van der Waals surface area contributed by atoms with Gasteiger partial charge in [-0.3, -0.25) is 4.79 Å². The first-order valence-corrected chi connectivity index (χ1v) is 5.26. The molecule has 0 saturated carbocycles. The smallest absolute Gasteiger partial charge is 0.358 e. The average molecular weight is 268 g/mol. The van der Waals surface area contributed by atoms with Crippen LogP contribution in [0.5, 0.6) is 0 Å². The van der Waals surface area contributed by atoms with E-state index in [-0.39, 0.29) is 6.54 Å². The lowest BCUT2D eigenvalue weighted by molar-refractivity contribution is -0.251. The van der Waals surface area contributed by atoms with E-state index >= 15 is 0 Å². The van der Waals surface area contributed by atoms with Crippen molar-refractivity contribution in [2.75, 3.05) is 13.6 Å². The van der Waals surface area contributed by atoms with Gasteiger partial charge in [0.1, 0.15) is 12.7 Å². The lowest BCUT2D eigenvalue weighted by Gasteiger charge is -2.36. The van der Waals surface area contributed by atoms with Crippen molar-refractivity contribution in [2.24, 2.45) is 5.41 Å². The lowest BCUT2D eigenvalue weighted by atomic mass is 9.92. The number of hydrogen-bond donors (Lipinski definition) is 0. The molecule has 0 radical (unpaired) electrons. The maximum absolute atomic E-state index is 12.1. The molecule has 1 aliphatic rings. The van der Waals surface area contributed by atoms with E-state index in [2.05, 4.69) is 4.84 Å². The van der Waals surface area contributed by atoms with Gasteiger partial charge in [0, 0.05) is 7.05 Å². The Hall–Kier alpha value is -1.31. The van der Waals surface area contributed by atoms with E-state index in [9.17, 15) is 22.8 Å². The van der Waals surface area contributed by atoms with Gasteiger partial charge in [0.05, 0.1) is 0 Å². The highest BCUT2D eigenvalue weighted by Crippen LogP contribution is 2.31. The van der Waals surface area contributed by atoms with Crippen LogP contribution in [0.25, 0.3) is 0 Å². The van der Waals surface area contributed by atoms with Crippen molar-refractivity contribution in [3.8, 4) is 0 Å². The second-order valence-corrected chi connectivity index (χ2v) is 5.20. The number of nitrogens with zero attached hydrogens (tertiary/aromatic N) is 2. The fourth-order valence-electron chi connectivity index (χ4n) is 1.91. The minimum atomic E-state index is -5.08. The number of amides is 1. The van der Waals surface area contributed by atoms with Crippen molar-refractivity contribution >= 4 is 11.9 Å². The fourth-order valence-corrected chi connectivity index (χ4v) is 1.91. The number of halogens is 3. The van der Waals surface area contributed by atoms with Crippen LogP contribution in [-0.4, -0.2) is 47.8 Å². The molecule has 0 aliphatic carbocycles. The Morgan fingerprint density at radius 3 is 2.22 bits per heavy atom. The van der Waals surface area contributed by atoms with Gasteiger partial charge in [-0.15, -0.1) is 5.06 Å².